The van der Waals surface area contributed by atoms with Gasteiger partial charge in [0.05, 0.1) is 5.56 Å². The maximum Gasteiger partial charge on any atom is 0.194 e. The van der Waals surface area contributed by atoms with Crippen LogP contribution in [0.3, 0.4) is 0 Å². The summed E-state index contributed by atoms with van der Waals surface area (Å²) in [6, 6.07) is 4.68. The van der Waals surface area contributed by atoms with Gasteiger partial charge in [-0.05, 0) is 12.5 Å². The predicted octanol–water partition coefficient (Wildman–Crippen LogP) is 2.27. The summed E-state index contributed by atoms with van der Waals surface area (Å²) in [6.45, 7) is 0. The number of ketones is 2. The van der Waals surface area contributed by atoms with Crippen molar-refractivity contribution in [1.29, 1.82) is 0 Å². The smallest absolute Gasteiger partial charge is 0.194 e. The van der Waals surface area contributed by atoms with E-state index >= 15 is 0 Å². The molecule has 0 amide bonds. The molecule has 0 saturated heterocycles. The van der Waals surface area contributed by atoms with Crippen molar-refractivity contribution in [3.63, 3.8) is 0 Å². The molecule has 0 radical (unpaired) electrons. The molecule has 18 heavy (non-hydrogen) atoms. The lowest BCUT2D eigenvalue weighted by molar-refractivity contribution is 0.0967. The number of phenolic OH excluding ortho intramolecular Hbond substituents is 1. The molecule has 3 heteroatoms. The van der Waals surface area contributed by atoms with Crippen LogP contribution >= 0.6 is 0 Å². The summed E-state index contributed by atoms with van der Waals surface area (Å²) in [5.74, 6) is -0.197. The van der Waals surface area contributed by atoms with Crippen molar-refractivity contribution in [2.24, 2.45) is 11.8 Å². The number of phenols is 1. The van der Waals surface area contributed by atoms with Crippen molar-refractivity contribution in [2.45, 2.75) is 6.42 Å². The molecule has 3 aliphatic carbocycles. The normalized spacial score (nSPS) is 27.8. The summed E-state index contributed by atoms with van der Waals surface area (Å²) in [6.07, 6.45) is 4.85. The highest BCUT2D eigenvalue weighted by molar-refractivity contribution is 6.29. The van der Waals surface area contributed by atoms with Crippen LogP contribution in [0.5, 0.6) is 5.75 Å². The van der Waals surface area contributed by atoms with Gasteiger partial charge in [0, 0.05) is 28.5 Å². The molecule has 1 N–H and O–H groups in total. The lowest BCUT2D eigenvalue weighted by Gasteiger charge is -2.22. The fourth-order valence-corrected chi connectivity index (χ4v) is 3.36. The zero-order chi connectivity index (χ0) is 12.4. The third-order valence-electron chi connectivity index (χ3n) is 4.12. The first kappa shape index (κ1) is 9.83. The fraction of sp³-hybridized carbons (Fsp3) is 0.200. The van der Waals surface area contributed by atoms with E-state index in [4.69, 9.17) is 0 Å². The maximum absolute atomic E-state index is 12.5. The molecule has 88 valence electrons. The van der Waals surface area contributed by atoms with Crippen LogP contribution in [0, 0.1) is 11.8 Å². The van der Waals surface area contributed by atoms with E-state index in [1.165, 1.54) is 6.07 Å². The van der Waals surface area contributed by atoms with Gasteiger partial charge in [0.1, 0.15) is 5.75 Å². The quantitative estimate of drug-likeness (QED) is 0.705. The minimum Gasteiger partial charge on any atom is -0.507 e. The Balaban J connectivity index is 2.01. The minimum absolute atomic E-state index is 0.0641. The Morgan fingerprint density at radius 3 is 2.39 bits per heavy atom. The van der Waals surface area contributed by atoms with Gasteiger partial charge in [-0.25, -0.2) is 0 Å². The fourth-order valence-electron chi connectivity index (χ4n) is 3.36. The Labute approximate surface area is 103 Å². The molecule has 3 nitrogen and oxygen atoms in total. The van der Waals surface area contributed by atoms with Crippen molar-refractivity contribution in [3.8, 4) is 5.75 Å². The van der Waals surface area contributed by atoms with Gasteiger partial charge in [0.15, 0.2) is 11.6 Å². The van der Waals surface area contributed by atoms with Gasteiger partial charge in [-0.3, -0.25) is 9.59 Å². The lowest BCUT2D eigenvalue weighted by Crippen LogP contribution is -2.24. The Hall–Kier alpha value is -2.16. The number of allylic oxidation sites excluding steroid dienone is 4. The van der Waals surface area contributed by atoms with Gasteiger partial charge in [-0.1, -0.05) is 24.3 Å². The van der Waals surface area contributed by atoms with Crippen molar-refractivity contribution >= 4 is 11.6 Å². The second kappa shape index (κ2) is 2.99. The van der Waals surface area contributed by atoms with Crippen LogP contribution in [-0.4, -0.2) is 16.7 Å². The first-order valence-electron chi connectivity index (χ1n) is 6.02. The van der Waals surface area contributed by atoms with Gasteiger partial charge >= 0.3 is 0 Å². The summed E-state index contributed by atoms with van der Waals surface area (Å²) in [5.41, 5.74) is 1.80. The molecule has 0 aromatic heterocycles. The van der Waals surface area contributed by atoms with E-state index in [0.717, 1.165) is 6.42 Å². The Kier molecular flexibility index (Phi) is 1.63. The summed E-state index contributed by atoms with van der Waals surface area (Å²) >= 11 is 0. The van der Waals surface area contributed by atoms with Gasteiger partial charge in [-0.15, -0.1) is 0 Å². The zero-order valence-electron chi connectivity index (χ0n) is 9.51. The number of aromatic hydroxyl groups is 1. The lowest BCUT2D eigenvalue weighted by atomic mass is 9.79. The first-order valence-corrected chi connectivity index (χ1v) is 6.02. The van der Waals surface area contributed by atoms with Gasteiger partial charge in [0.2, 0.25) is 0 Å². The van der Waals surface area contributed by atoms with E-state index in [1.54, 1.807) is 12.1 Å². The number of hydrogen-bond acceptors (Lipinski definition) is 3. The van der Waals surface area contributed by atoms with Crippen LogP contribution in [-0.2, 0) is 0 Å². The third-order valence-corrected chi connectivity index (χ3v) is 4.12. The molecule has 1 aromatic rings. The number of hydrogen-bond donors (Lipinski definition) is 1. The van der Waals surface area contributed by atoms with Crippen molar-refractivity contribution in [3.05, 3.63) is 52.6 Å². The highest BCUT2D eigenvalue weighted by Gasteiger charge is 2.46. The largest absolute Gasteiger partial charge is 0.507 e. The highest BCUT2D eigenvalue weighted by Crippen LogP contribution is 2.49. The van der Waals surface area contributed by atoms with E-state index in [0.29, 0.717) is 16.7 Å². The van der Waals surface area contributed by atoms with Crippen molar-refractivity contribution in [2.75, 3.05) is 0 Å². The zero-order valence-corrected chi connectivity index (χ0v) is 9.51. The minimum atomic E-state index is -0.172. The SMILES string of the molecule is O=C1C2=C(C(=O)c3c(O)cccc31)C1C=CC2C1. The molecule has 0 fully saturated rings. The second-order valence-electron chi connectivity index (χ2n) is 5.02. The highest BCUT2D eigenvalue weighted by atomic mass is 16.3. The van der Waals surface area contributed by atoms with Crippen molar-refractivity contribution < 1.29 is 14.7 Å². The summed E-state index contributed by atoms with van der Waals surface area (Å²) in [5, 5.41) is 9.82. The number of rotatable bonds is 0. The van der Waals surface area contributed by atoms with Crippen LogP contribution in [0.15, 0.2) is 41.5 Å². The molecule has 1 aromatic carbocycles. The molecular formula is C15H10O3. The summed E-state index contributed by atoms with van der Waals surface area (Å²) in [7, 11) is 0. The van der Waals surface area contributed by atoms with Crippen LogP contribution in [0.4, 0.5) is 0 Å². The summed E-state index contributed by atoms with van der Waals surface area (Å²) < 4.78 is 0. The molecule has 4 rings (SSSR count). The number of carbonyl (C=O) groups excluding carboxylic acids is 2. The number of Topliss-reactive ketones (excluding diaryl/α,β-unsaturated/α-hetero) is 2. The second-order valence-corrected chi connectivity index (χ2v) is 5.02. The van der Waals surface area contributed by atoms with Crippen molar-refractivity contribution in [1.82, 2.24) is 0 Å². The molecule has 0 spiro atoms. The summed E-state index contributed by atoms with van der Waals surface area (Å²) in [4.78, 5) is 24.9. The van der Waals surface area contributed by atoms with E-state index < -0.39 is 0 Å². The molecule has 2 bridgehead atoms. The van der Waals surface area contributed by atoms with Gasteiger partial charge in [-0.2, -0.15) is 0 Å². The third kappa shape index (κ3) is 0.957. The molecule has 3 aliphatic rings. The molecule has 2 atom stereocenters. The van der Waals surface area contributed by atoms with E-state index in [9.17, 15) is 14.7 Å². The number of fused-ring (bicyclic) bond motifs is 5. The average Bonchev–Trinajstić information content (AvgIpc) is 2.96. The number of benzene rings is 1. The van der Waals surface area contributed by atoms with Crippen LogP contribution in [0.25, 0.3) is 0 Å². The molecule has 0 heterocycles. The van der Waals surface area contributed by atoms with Crippen LogP contribution in [0.2, 0.25) is 0 Å². The maximum atomic E-state index is 12.5. The Morgan fingerprint density at radius 2 is 1.67 bits per heavy atom. The average molecular weight is 238 g/mol. The van der Waals surface area contributed by atoms with Crippen LogP contribution in [0.1, 0.15) is 27.1 Å². The van der Waals surface area contributed by atoms with E-state index in [-0.39, 0.29) is 34.7 Å². The first-order chi connectivity index (χ1) is 8.68. The Bertz CT molecular complexity index is 679. The topological polar surface area (TPSA) is 54.4 Å². The predicted molar refractivity (Wildman–Crippen MR) is 64.5 cm³/mol. The number of carbonyl (C=O) groups is 2. The molecule has 0 saturated carbocycles. The molecule has 0 aliphatic heterocycles. The van der Waals surface area contributed by atoms with Gasteiger partial charge < -0.3 is 5.11 Å². The molecular weight excluding hydrogens is 228 g/mol. The Morgan fingerprint density at radius 1 is 1.00 bits per heavy atom. The van der Waals surface area contributed by atoms with Crippen LogP contribution < -0.4 is 0 Å². The van der Waals surface area contributed by atoms with Gasteiger partial charge in [0.25, 0.3) is 0 Å². The monoisotopic (exact) mass is 238 g/mol. The van der Waals surface area contributed by atoms with E-state index in [1.807, 2.05) is 12.2 Å². The van der Waals surface area contributed by atoms with E-state index in [2.05, 4.69) is 0 Å². The standard InChI is InChI=1S/C15H10O3/c16-10-3-1-2-9-13(10)15(18)12-8-5-4-7(6-8)11(12)14(9)17/h1-5,7-8,16H,6H2. The molecule has 2 unspecified atom stereocenters.